The number of fused-ring (bicyclic) bond motifs is 1. The first-order chi connectivity index (χ1) is 15.2. The van der Waals surface area contributed by atoms with Crippen molar-refractivity contribution in [3.05, 3.63) is 90.3 Å². The standard InChI is InChI=1S/C26H24N4O/c1-19-6-8-20(9-7-19)25-18-23(22-4-2-3-5-24(22)28-25)26(31)30-16-14-29(15-17-30)21-10-12-27-13-11-21/h2-13,18H,14-17H2,1H3/p+1. The van der Waals surface area contributed by atoms with Gasteiger partial charge in [-0.3, -0.25) is 4.79 Å². The highest BCUT2D eigenvalue weighted by molar-refractivity contribution is 6.07. The fraction of sp³-hybridized carbons (Fsp3) is 0.192. The Kier molecular flexibility index (Phi) is 5.08. The van der Waals surface area contributed by atoms with Gasteiger partial charge < -0.3 is 9.80 Å². The Balaban J connectivity index is 1.45. The number of para-hydroxylation sites is 1. The van der Waals surface area contributed by atoms with E-state index in [1.165, 1.54) is 11.3 Å². The van der Waals surface area contributed by atoms with Gasteiger partial charge in [0, 0.05) is 54.9 Å². The number of nitrogens with zero attached hydrogens (tertiary/aromatic N) is 3. The maximum absolute atomic E-state index is 13.6. The van der Waals surface area contributed by atoms with Gasteiger partial charge in [-0.05, 0) is 19.1 Å². The van der Waals surface area contributed by atoms with E-state index in [9.17, 15) is 4.79 Å². The normalized spacial score (nSPS) is 14.1. The van der Waals surface area contributed by atoms with E-state index in [-0.39, 0.29) is 5.91 Å². The molecule has 1 N–H and O–H groups in total. The molecule has 2 aromatic carbocycles. The van der Waals surface area contributed by atoms with Crippen LogP contribution < -0.4 is 9.88 Å². The highest BCUT2D eigenvalue weighted by Crippen LogP contribution is 2.27. The molecule has 2 aromatic heterocycles. The summed E-state index contributed by atoms with van der Waals surface area (Å²) in [5, 5.41) is 0.907. The number of hydrogen-bond donors (Lipinski definition) is 0. The molecule has 5 heteroatoms. The lowest BCUT2D eigenvalue weighted by Crippen LogP contribution is -2.48. The van der Waals surface area contributed by atoms with E-state index in [0.717, 1.165) is 40.8 Å². The summed E-state index contributed by atoms with van der Waals surface area (Å²) in [6, 6.07) is 22.3. The lowest BCUT2D eigenvalue weighted by atomic mass is 10.0. The van der Waals surface area contributed by atoms with Crippen LogP contribution in [0.4, 0.5) is 5.69 Å². The highest BCUT2D eigenvalue weighted by Gasteiger charge is 2.24. The zero-order valence-electron chi connectivity index (χ0n) is 17.6. The molecule has 0 spiro atoms. The van der Waals surface area contributed by atoms with E-state index < -0.39 is 0 Å². The third kappa shape index (κ3) is 3.87. The number of rotatable bonds is 3. The number of anilines is 1. The Morgan fingerprint density at radius 1 is 0.903 bits per heavy atom. The van der Waals surface area contributed by atoms with Crippen LogP contribution in [-0.4, -0.2) is 42.0 Å². The molecule has 5 nitrogen and oxygen atoms in total. The summed E-state index contributed by atoms with van der Waals surface area (Å²) in [7, 11) is 0. The lowest BCUT2D eigenvalue weighted by molar-refractivity contribution is -0.377. The number of aromatic amines is 1. The summed E-state index contributed by atoms with van der Waals surface area (Å²) in [6.07, 6.45) is 3.87. The maximum atomic E-state index is 13.6. The van der Waals surface area contributed by atoms with Gasteiger partial charge in [0.2, 0.25) is 0 Å². The Morgan fingerprint density at radius 2 is 1.61 bits per heavy atom. The van der Waals surface area contributed by atoms with E-state index in [2.05, 4.69) is 53.2 Å². The van der Waals surface area contributed by atoms with E-state index in [1.54, 1.807) is 0 Å². The van der Waals surface area contributed by atoms with Crippen molar-refractivity contribution in [2.75, 3.05) is 31.1 Å². The molecule has 154 valence electrons. The molecule has 1 amide bonds. The number of aryl methyl sites for hydroxylation is 1. The topological polar surface area (TPSA) is 50.6 Å². The second-order valence-electron chi connectivity index (χ2n) is 7.98. The van der Waals surface area contributed by atoms with Gasteiger partial charge in [0.25, 0.3) is 5.91 Å². The largest absolute Gasteiger partial charge is 0.368 e. The number of carbonyl (C=O) groups excluding carboxylic acids is 1. The molecule has 1 aliphatic rings. The van der Waals surface area contributed by atoms with Gasteiger partial charge in [-0.15, -0.1) is 0 Å². The molecule has 4 aromatic rings. The van der Waals surface area contributed by atoms with Crippen LogP contribution in [0.25, 0.3) is 22.2 Å². The molecular formula is C26H25N4O+. The summed E-state index contributed by atoms with van der Waals surface area (Å²) >= 11 is 0. The number of hydrogen-bond acceptors (Lipinski definition) is 3. The van der Waals surface area contributed by atoms with Crippen molar-refractivity contribution >= 4 is 22.5 Å². The van der Waals surface area contributed by atoms with Gasteiger partial charge in [0.05, 0.1) is 16.8 Å². The minimum atomic E-state index is 0.0769. The van der Waals surface area contributed by atoms with Crippen LogP contribution in [0.5, 0.6) is 0 Å². The molecule has 1 aliphatic heterocycles. The van der Waals surface area contributed by atoms with E-state index in [0.29, 0.717) is 13.1 Å². The van der Waals surface area contributed by atoms with Gasteiger partial charge in [-0.1, -0.05) is 48.0 Å². The van der Waals surface area contributed by atoms with Crippen LogP contribution in [0.3, 0.4) is 0 Å². The third-order valence-electron chi connectivity index (χ3n) is 5.93. The summed E-state index contributed by atoms with van der Waals surface area (Å²) in [5.41, 5.74) is 5.82. The lowest BCUT2D eigenvalue weighted by Gasteiger charge is -2.36. The minimum Gasteiger partial charge on any atom is -0.368 e. The Bertz CT molecular complexity index is 1210. The monoisotopic (exact) mass is 409 g/mol. The van der Waals surface area contributed by atoms with Gasteiger partial charge in [0.1, 0.15) is 0 Å². The molecule has 5 rings (SSSR count). The number of H-pyrrole nitrogens is 1. The number of benzene rings is 2. The quantitative estimate of drug-likeness (QED) is 0.514. The molecule has 0 saturated carbocycles. The molecule has 0 atom stereocenters. The maximum Gasteiger partial charge on any atom is 0.254 e. The van der Waals surface area contributed by atoms with Crippen molar-refractivity contribution in [1.82, 2.24) is 9.88 Å². The molecule has 3 heterocycles. The zero-order valence-corrected chi connectivity index (χ0v) is 17.6. The molecular weight excluding hydrogens is 384 g/mol. The number of aromatic nitrogens is 2. The molecule has 0 aliphatic carbocycles. The SMILES string of the molecule is Cc1ccc(-c2cc(C(=O)N3CCN(c4cc[nH+]cc4)CC3)c3ccccc3n2)cc1. The molecule has 0 bridgehead atoms. The first kappa shape index (κ1) is 19.2. The summed E-state index contributed by atoms with van der Waals surface area (Å²) < 4.78 is 0. The Morgan fingerprint density at radius 3 is 2.35 bits per heavy atom. The van der Waals surface area contributed by atoms with Crippen LogP contribution in [-0.2, 0) is 0 Å². The third-order valence-corrected chi connectivity index (χ3v) is 5.93. The first-order valence-corrected chi connectivity index (χ1v) is 10.7. The van der Waals surface area contributed by atoms with Crippen LogP contribution in [0.15, 0.2) is 79.1 Å². The first-order valence-electron chi connectivity index (χ1n) is 10.7. The van der Waals surface area contributed by atoms with Crippen LogP contribution in [0, 0.1) is 6.92 Å². The average molecular weight is 410 g/mol. The second kappa shape index (κ2) is 8.19. The molecule has 0 unspecified atom stereocenters. The van der Waals surface area contributed by atoms with Crippen LogP contribution in [0.2, 0.25) is 0 Å². The minimum absolute atomic E-state index is 0.0769. The smallest absolute Gasteiger partial charge is 0.254 e. The summed E-state index contributed by atoms with van der Waals surface area (Å²) in [6.45, 7) is 5.12. The predicted molar refractivity (Wildman–Crippen MR) is 123 cm³/mol. The van der Waals surface area contributed by atoms with E-state index in [1.807, 2.05) is 47.6 Å². The molecule has 1 saturated heterocycles. The number of pyridine rings is 2. The Hall–Kier alpha value is -3.73. The molecule has 1 fully saturated rings. The number of amides is 1. The van der Waals surface area contributed by atoms with Crippen molar-refractivity contribution in [1.29, 1.82) is 0 Å². The predicted octanol–water partition coefficient (Wildman–Crippen LogP) is 3.99. The van der Waals surface area contributed by atoms with Crippen molar-refractivity contribution in [3.63, 3.8) is 0 Å². The van der Waals surface area contributed by atoms with E-state index >= 15 is 0 Å². The van der Waals surface area contributed by atoms with Crippen molar-refractivity contribution in [2.45, 2.75) is 6.92 Å². The fourth-order valence-corrected chi connectivity index (χ4v) is 4.15. The van der Waals surface area contributed by atoms with Gasteiger partial charge in [0.15, 0.2) is 12.4 Å². The Labute approximate surface area is 182 Å². The molecule has 0 radical (unpaired) electrons. The summed E-state index contributed by atoms with van der Waals surface area (Å²) in [4.78, 5) is 25.7. The fourth-order valence-electron chi connectivity index (χ4n) is 4.15. The van der Waals surface area contributed by atoms with Crippen molar-refractivity contribution in [2.24, 2.45) is 0 Å². The number of nitrogens with one attached hydrogen (secondary N) is 1. The number of carbonyl (C=O) groups is 1. The van der Waals surface area contributed by atoms with Crippen molar-refractivity contribution in [3.8, 4) is 11.3 Å². The zero-order chi connectivity index (χ0) is 21.2. The van der Waals surface area contributed by atoms with E-state index in [4.69, 9.17) is 4.98 Å². The molecule has 31 heavy (non-hydrogen) atoms. The summed E-state index contributed by atoms with van der Waals surface area (Å²) in [5.74, 6) is 0.0769. The average Bonchev–Trinajstić information content (AvgIpc) is 2.84. The van der Waals surface area contributed by atoms with Gasteiger partial charge in [-0.2, -0.15) is 0 Å². The second-order valence-corrected chi connectivity index (χ2v) is 7.98. The van der Waals surface area contributed by atoms with Gasteiger partial charge >= 0.3 is 0 Å². The highest BCUT2D eigenvalue weighted by atomic mass is 16.2. The van der Waals surface area contributed by atoms with Gasteiger partial charge in [-0.25, -0.2) is 9.97 Å². The van der Waals surface area contributed by atoms with Crippen LogP contribution in [0.1, 0.15) is 15.9 Å². The van der Waals surface area contributed by atoms with Crippen molar-refractivity contribution < 1.29 is 9.78 Å². The number of piperazine rings is 1. The van der Waals surface area contributed by atoms with Crippen LogP contribution >= 0.6 is 0 Å².